The van der Waals surface area contributed by atoms with Gasteiger partial charge in [0.05, 0.1) is 11.4 Å². The molecule has 0 aliphatic carbocycles. The summed E-state index contributed by atoms with van der Waals surface area (Å²) >= 11 is 0. The van der Waals surface area contributed by atoms with Crippen molar-refractivity contribution >= 4 is 105 Å². The van der Waals surface area contributed by atoms with Gasteiger partial charge >= 0.3 is 0 Å². The van der Waals surface area contributed by atoms with Crippen LogP contribution < -0.4 is 11.5 Å². The Morgan fingerprint density at radius 1 is 0.490 bits per heavy atom. The van der Waals surface area contributed by atoms with Crippen LogP contribution in [0.3, 0.4) is 0 Å². The van der Waals surface area contributed by atoms with Gasteiger partial charge in [0.15, 0.2) is 0 Å². The van der Waals surface area contributed by atoms with Crippen LogP contribution >= 0.6 is 0 Å². The van der Waals surface area contributed by atoms with E-state index in [4.69, 9.17) is 11.5 Å². The quantitative estimate of drug-likeness (QED) is 0.0547. The molecule has 49 heavy (non-hydrogen) atoms. The number of benzene rings is 6. The van der Waals surface area contributed by atoms with Crippen molar-refractivity contribution in [1.29, 1.82) is 0 Å². The average Bonchev–Trinajstić information content (AvgIpc) is 3.02. The zero-order valence-corrected chi connectivity index (χ0v) is 30.2. The Kier molecular flexibility index (Phi) is 10.0. The van der Waals surface area contributed by atoms with Gasteiger partial charge in [0, 0.05) is 62.5 Å². The first kappa shape index (κ1) is 35.8. The molecule has 0 aliphatic rings. The molecule has 0 aliphatic heterocycles. The van der Waals surface area contributed by atoms with Crippen molar-refractivity contribution in [3.63, 3.8) is 0 Å². The van der Waals surface area contributed by atoms with E-state index in [1.54, 1.807) is 60.7 Å². The number of hydrogen-bond donors (Lipinski definition) is 4. The summed E-state index contributed by atoms with van der Waals surface area (Å²) in [6.45, 7) is 3.65. The summed E-state index contributed by atoms with van der Waals surface area (Å²) in [5.41, 5.74) is 16.8. The minimum Gasteiger partial charge on any atom is -0.398 e. The number of aryl methyl sites for hydroxylation is 2. The van der Waals surface area contributed by atoms with E-state index < -0.39 is 20.2 Å². The third-order valence-corrected chi connectivity index (χ3v) is 9.68. The normalized spacial score (nSPS) is 12.2. The van der Waals surface area contributed by atoms with Crippen molar-refractivity contribution in [2.75, 3.05) is 11.5 Å². The molecule has 0 saturated heterocycles. The SMILES string of the molecule is Cc1cc(-c2ccc(N=Nc3cc(N)c4ccccc4c3S(=O)(=O)O)c(C)c2)ccc1N=Nc1cc(N)c2ccccc2c1S(=O)(=O)O.[Na]. The van der Waals surface area contributed by atoms with Gasteiger partial charge in [-0.2, -0.15) is 27.1 Å². The molecule has 15 heteroatoms. The van der Waals surface area contributed by atoms with Crippen LogP contribution in [-0.4, -0.2) is 55.5 Å². The third kappa shape index (κ3) is 7.26. The summed E-state index contributed by atoms with van der Waals surface area (Å²) in [7, 11) is -9.30. The monoisotopic (exact) mass is 703 g/mol. The largest absolute Gasteiger partial charge is 0.398 e. The zero-order chi connectivity index (χ0) is 34.4. The van der Waals surface area contributed by atoms with Crippen LogP contribution in [0.4, 0.5) is 34.1 Å². The summed E-state index contributed by atoms with van der Waals surface area (Å²) in [6.07, 6.45) is 0. The number of nitrogen functional groups attached to an aromatic ring is 2. The van der Waals surface area contributed by atoms with Crippen LogP contribution in [0.2, 0.25) is 0 Å². The van der Waals surface area contributed by atoms with E-state index in [1.807, 2.05) is 38.1 Å². The molecule has 0 bridgehead atoms. The molecule has 0 spiro atoms. The van der Waals surface area contributed by atoms with E-state index in [0.717, 1.165) is 22.3 Å². The Labute approximate surface area is 304 Å². The number of rotatable bonds is 7. The van der Waals surface area contributed by atoms with Crippen LogP contribution in [0.5, 0.6) is 0 Å². The van der Waals surface area contributed by atoms with Gasteiger partial charge in [0.2, 0.25) is 0 Å². The fraction of sp³-hybridized carbons (Fsp3) is 0.0588. The number of nitrogens with two attached hydrogens (primary N) is 2. The van der Waals surface area contributed by atoms with Gasteiger partial charge in [0.25, 0.3) is 20.2 Å². The molecule has 243 valence electrons. The number of azo groups is 2. The Hall–Kier alpha value is -4.54. The van der Waals surface area contributed by atoms with E-state index >= 15 is 0 Å². The second kappa shape index (κ2) is 13.8. The van der Waals surface area contributed by atoms with Crippen molar-refractivity contribution in [1.82, 2.24) is 0 Å². The molecule has 0 amide bonds. The fourth-order valence-corrected chi connectivity index (χ4v) is 7.16. The van der Waals surface area contributed by atoms with Crippen molar-refractivity contribution in [3.05, 3.63) is 108 Å². The molecule has 0 saturated carbocycles. The van der Waals surface area contributed by atoms with Crippen LogP contribution in [0.15, 0.2) is 127 Å². The Bertz CT molecular complexity index is 2400. The van der Waals surface area contributed by atoms with Gasteiger partial charge in [-0.05, 0) is 72.5 Å². The Morgan fingerprint density at radius 3 is 1.14 bits per heavy atom. The maximum Gasteiger partial charge on any atom is 0.297 e. The molecule has 0 atom stereocenters. The van der Waals surface area contributed by atoms with E-state index in [2.05, 4.69) is 20.5 Å². The molecular weight excluding hydrogens is 676 g/mol. The summed E-state index contributed by atoms with van der Waals surface area (Å²) in [5.74, 6) is 0. The van der Waals surface area contributed by atoms with E-state index in [1.165, 1.54) is 12.1 Å². The predicted octanol–water partition coefficient (Wildman–Crippen LogP) is 8.38. The maximum absolute atomic E-state index is 12.3. The summed E-state index contributed by atoms with van der Waals surface area (Å²) < 4.78 is 69.2. The first-order valence-electron chi connectivity index (χ1n) is 14.3. The van der Waals surface area contributed by atoms with Gasteiger partial charge in [-0.3, -0.25) is 9.11 Å². The molecule has 6 N–H and O–H groups in total. The first-order chi connectivity index (χ1) is 22.7. The molecule has 6 aromatic carbocycles. The molecular formula is C34H28N6NaO6S2. The van der Waals surface area contributed by atoms with E-state index in [-0.39, 0.29) is 72.9 Å². The minimum atomic E-state index is -4.65. The average molecular weight is 704 g/mol. The maximum atomic E-state index is 12.3. The topological polar surface area (TPSA) is 210 Å². The molecule has 6 aromatic rings. The number of nitrogens with zero attached hydrogens (tertiary/aromatic N) is 4. The minimum absolute atomic E-state index is 0. The summed E-state index contributed by atoms with van der Waals surface area (Å²) in [4.78, 5) is -0.757. The van der Waals surface area contributed by atoms with Crippen molar-refractivity contribution in [2.24, 2.45) is 20.5 Å². The summed E-state index contributed by atoms with van der Waals surface area (Å²) in [5, 5.41) is 18.2. The van der Waals surface area contributed by atoms with Crippen LogP contribution in [0.25, 0.3) is 32.7 Å². The van der Waals surface area contributed by atoms with Gasteiger partial charge < -0.3 is 11.5 Å². The Morgan fingerprint density at radius 2 is 0.816 bits per heavy atom. The first-order valence-corrected chi connectivity index (χ1v) is 17.2. The molecule has 0 unspecified atom stereocenters. The number of fused-ring (bicyclic) bond motifs is 2. The third-order valence-electron chi connectivity index (χ3n) is 7.79. The smallest absolute Gasteiger partial charge is 0.297 e. The van der Waals surface area contributed by atoms with Crippen molar-refractivity contribution < 1.29 is 25.9 Å². The van der Waals surface area contributed by atoms with Gasteiger partial charge in [-0.15, -0.1) is 10.2 Å². The van der Waals surface area contributed by atoms with Gasteiger partial charge in [-0.1, -0.05) is 60.7 Å². The standard InChI is InChI=1S/C34H28N6O6S2.Na/c1-19-15-21(11-13-29(19)37-39-31-17-27(35)23-7-3-5-9-25(23)33(31)47(41,42)43)22-12-14-30(20(2)16-22)38-40-32-18-28(36)24-8-4-6-10-26(24)34(32)48(44,45)46;/h3-18H,35-36H2,1-2H3,(H,41,42,43)(H,44,45,46);. The molecule has 12 nitrogen and oxygen atoms in total. The van der Waals surface area contributed by atoms with Crippen molar-refractivity contribution in [3.8, 4) is 11.1 Å². The van der Waals surface area contributed by atoms with Crippen LogP contribution in [-0.2, 0) is 20.2 Å². The second-order valence-corrected chi connectivity index (χ2v) is 13.8. The molecule has 0 aromatic heterocycles. The fourth-order valence-electron chi connectivity index (χ4n) is 5.52. The predicted molar refractivity (Wildman–Crippen MR) is 192 cm³/mol. The van der Waals surface area contributed by atoms with Gasteiger partial charge in [0.1, 0.15) is 21.2 Å². The van der Waals surface area contributed by atoms with Crippen LogP contribution in [0.1, 0.15) is 11.1 Å². The second-order valence-electron chi connectivity index (χ2n) is 11.1. The van der Waals surface area contributed by atoms with Crippen molar-refractivity contribution in [2.45, 2.75) is 23.6 Å². The number of hydrogen-bond acceptors (Lipinski definition) is 10. The Balaban J connectivity index is 0.00000468. The van der Waals surface area contributed by atoms with Gasteiger partial charge in [-0.25, -0.2) is 0 Å². The van der Waals surface area contributed by atoms with Crippen LogP contribution in [0, 0.1) is 13.8 Å². The van der Waals surface area contributed by atoms with E-state index in [0.29, 0.717) is 22.1 Å². The molecule has 0 fully saturated rings. The number of anilines is 2. The molecule has 6 rings (SSSR count). The zero-order valence-electron chi connectivity index (χ0n) is 26.5. The molecule has 0 heterocycles. The molecule has 1 radical (unpaired) electrons. The summed E-state index contributed by atoms with van der Waals surface area (Å²) in [6, 6.07) is 26.7. The van der Waals surface area contributed by atoms with E-state index in [9.17, 15) is 25.9 Å².